The van der Waals surface area contributed by atoms with E-state index in [0.717, 1.165) is 18.2 Å². The fourth-order valence-corrected chi connectivity index (χ4v) is 1.87. The first-order chi connectivity index (χ1) is 9.49. The molecule has 0 aliphatic heterocycles. The molecule has 1 unspecified atom stereocenters. The molecule has 0 aliphatic rings. The van der Waals surface area contributed by atoms with Gasteiger partial charge in [0.1, 0.15) is 11.6 Å². The number of non-ortho nitro benzene ring substituents is 1. The van der Waals surface area contributed by atoms with Crippen LogP contribution in [0.2, 0.25) is 0 Å². The first kappa shape index (κ1) is 13.9. The average Bonchev–Trinajstić information content (AvgIpc) is 2.41. The van der Waals surface area contributed by atoms with Crippen molar-refractivity contribution < 1.29 is 13.7 Å². The molecule has 0 spiro atoms. The van der Waals surface area contributed by atoms with E-state index in [1.807, 2.05) is 0 Å². The van der Waals surface area contributed by atoms with Crippen molar-refractivity contribution in [1.29, 1.82) is 0 Å². The first-order valence-electron chi connectivity index (χ1n) is 5.94. The topological polar surface area (TPSA) is 55.2 Å². The Balaban J connectivity index is 2.28. The lowest BCUT2D eigenvalue weighted by Crippen LogP contribution is -2.10. The summed E-state index contributed by atoms with van der Waals surface area (Å²) in [5.74, 6) is -1.04. The third-order valence-electron chi connectivity index (χ3n) is 2.90. The molecular formula is C14H12F2N2O2. The highest BCUT2D eigenvalue weighted by Gasteiger charge is 2.15. The molecule has 2 aromatic rings. The van der Waals surface area contributed by atoms with Gasteiger partial charge in [-0.1, -0.05) is 18.2 Å². The smallest absolute Gasteiger partial charge is 0.271 e. The van der Waals surface area contributed by atoms with Crippen LogP contribution in [0, 0.1) is 21.7 Å². The fourth-order valence-electron chi connectivity index (χ4n) is 1.87. The average molecular weight is 278 g/mol. The molecule has 20 heavy (non-hydrogen) atoms. The third-order valence-corrected chi connectivity index (χ3v) is 2.90. The number of hydrogen-bond acceptors (Lipinski definition) is 3. The summed E-state index contributed by atoms with van der Waals surface area (Å²) >= 11 is 0. The van der Waals surface area contributed by atoms with Crippen LogP contribution in [-0.2, 0) is 0 Å². The van der Waals surface area contributed by atoms with E-state index < -0.39 is 22.6 Å². The molecular weight excluding hydrogens is 266 g/mol. The van der Waals surface area contributed by atoms with Gasteiger partial charge in [-0.3, -0.25) is 10.1 Å². The van der Waals surface area contributed by atoms with Crippen molar-refractivity contribution in [3.63, 3.8) is 0 Å². The van der Waals surface area contributed by atoms with Crippen LogP contribution >= 0.6 is 0 Å². The summed E-state index contributed by atoms with van der Waals surface area (Å²) in [5.41, 5.74) is 0.1000. The molecule has 0 radical (unpaired) electrons. The molecule has 2 aromatic carbocycles. The third kappa shape index (κ3) is 2.90. The van der Waals surface area contributed by atoms with Gasteiger partial charge in [0, 0.05) is 17.7 Å². The quantitative estimate of drug-likeness (QED) is 0.678. The number of nitro groups is 1. The molecule has 0 amide bonds. The monoisotopic (exact) mass is 278 g/mol. The number of benzene rings is 2. The number of rotatable bonds is 4. The lowest BCUT2D eigenvalue weighted by molar-refractivity contribution is -0.384. The Morgan fingerprint density at radius 2 is 1.85 bits per heavy atom. The van der Waals surface area contributed by atoms with Crippen LogP contribution in [-0.4, -0.2) is 4.92 Å². The van der Waals surface area contributed by atoms with Gasteiger partial charge in [0.05, 0.1) is 16.7 Å². The molecule has 0 bridgehead atoms. The first-order valence-corrected chi connectivity index (χ1v) is 5.94. The number of nitrogens with one attached hydrogen (secondary N) is 1. The molecule has 0 saturated heterocycles. The van der Waals surface area contributed by atoms with Gasteiger partial charge in [-0.2, -0.15) is 0 Å². The Labute approximate surface area is 114 Å². The van der Waals surface area contributed by atoms with Crippen LogP contribution in [0.15, 0.2) is 42.5 Å². The zero-order valence-corrected chi connectivity index (χ0v) is 10.6. The number of hydrogen-bond donors (Lipinski definition) is 1. The highest BCUT2D eigenvalue weighted by molar-refractivity contribution is 5.53. The van der Waals surface area contributed by atoms with Gasteiger partial charge in [0.15, 0.2) is 0 Å². The molecule has 0 aliphatic carbocycles. The highest BCUT2D eigenvalue weighted by Crippen LogP contribution is 2.26. The predicted molar refractivity (Wildman–Crippen MR) is 71.5 cm³/mol. The minimum Gasteiger partial charge on any atom is -0.376 e. The van der Waals surface area contributed by atoms with Crippen molar-refractivity contribution in [3.8, 4) is 0 Å². The van der Waals surface area contributed by atoms with Crippen molar-refractivity contribution in [2.24, 2.45) is 0 Å². The summed E-state index contributed by atoms with van der Waals surface area (Å²) in [6.45, 7) is 1.65. The molecule has 1 atom stereocenters. The van der Waals surface area contributed by atoms with Crippen molar-refractivity contribution >= 4 is 11.4 Å². The summed E-state index contributed by atoms with van der Waals surface area (Å²) in [5, 5.41) is 13.4. The fraction of sp³-hybridized carbons (Fsp3) is 0.143. The van der Waals surface area contributed by atoms with Gasteiger partial charge in [0.25, 0.3) is 5.69 Å². The number of halogens is 2. The molecule has 2 rings (SSSR count). The lowest BCUT2D eigenvalue weighted by Gasteiger charge is -2.16. The molecule has 0 fully saturated rings. The SMILES string of the molecule is CC(Nc1cc([N+](=O)[O-])ccc1F)c1ccccc1F. The van der Waals surface area contributed by atoms with Crippen molar-refractivity contribution in [2.75, 3.05) is 5.32 Å². The number of nitrogens with zero attached hydrogens (tertiary/aromatic N) is 1. The second-order valence-corrected chi connectivity index (χ2v) is 4.31. The van der Waals surface area contributed by atoms with E-state index in [4.69, 9.17) is 0 Å². The summed E-state index contributed by atoms with van der Waals surface area (Å²) in [6.07, 6.45) is 0. The summed E-state index contributed by atoms with van der Waals surface area (Å²) in [6, 6.07) is 8.75. The lowest BCUT2D eigenvalue weighted by atomic mass is 10.1. The second-order valence-electron chi connectivity index (χ2n) is 4.31. The van der Waals surface area contributed by atoms with E-state index in [0.29, 0.717) is 5.56 Å². The molecule has 6 heteroatoms. The van der Waals surface area contributed by atoms with Gasteiger partial charge < -0.3 is 5.32 Å². The number of nitro benzene ring substituents is 1. The standard InChI is InChI=1S/C14H12F2N2O2/c1-9(11-4-2-3-5-12(11)15)17-14-8-10(18(19)20)6-7-13(14)16/h2-9,17H,1H3. The summed E-state index contributed by atoms with van der Waals surface area (Å²) in [7, 11) is 0. The molecule has 104 valence electrons. The van der Waals surface area contributed by atoms with Crippen molar-refractivity contribution in [1.82, 2.24) is 0 Å². The largest absolute Gasteiger partial charge is 0.376 e. The van der Waals surface area contributed by atoms with Crippen LogP contribution in [0.25, 0.3) is 0 Å². The zero-order valence-electron chi connectivity index (χ0n) is 10.6. The van der Waals surface area contributed by atoms with E-state index in [-0.39, 0.29) is 11.4 Å². The maximum atomic E-state index is 13.6. The van der Waals surface area contributed by atoms with Gasteiger partial charge >= 0.3 is 0 Å². The van der Waals surface area contributed by atoms with Gasteiger partial charge in [-0.15, -0.1) is 0 Å². The van der Waals surface area contributed by atoms with Crippen LogP contribution in [0.4, 0.5) is 20.2 Å². The van der Waals surface area contributed by atoms with E-state index >= 15 is 0 Å². The van der Waals surface area contributed by atoms with Gasteiger partial charge in [-0.25, -0.2) is 8.78 Å². The van der Waals surface area contributed by atoms with Crippen molar-refractivity contribution in [3.05, 3.63) is 69.8 Å². The molecule has 0 aromatic heterocycles. The molecule has 0 heterocycles. The minimum atomic E-state index is -0.626. The normalized spacial score (nSPS) is 11.9. The van der Waals surface area contributed by atoms with E-state index in [9.17, 15) is 18.9 Å². The summed E-state index contributed by atoms with van der Waals surface area (Å²) in [4.78, 5) is 10.1. The summed E-state index contributed by atoms with van der Waals surface area (Å²) < 4.78 is 27.2. The molecule has 1 N–H and O–H groups in total. The van der Waals surface area contributed by atoms with E-state index in [1.165, 1.54) is 6.07 Å². The second kappa shape index (κ2) is 5.64. The Hall–Kier alpha value is -2.50. The number of anilines is 1. The highest BCUT2D eigenvalue weighted by atomic mass is 19.1. The Bertz CT molecular complexity index is 647. The van der Waals surface area contributed by atoms with Crippen molar-refractivity contribution in [2.45, 2.75) is 13.0 Å². The van der Waals surface area contributed by atoms with Gasteiger partial charge in [-0.05, 0) is 19.1 Å². The van der Waals surface area contributed by atoms with Crippen LogP contribution in [0.5, 0.6) is 0 Å². The van der Waals surface area contributed by atoms with Crippen LogP contribution in [0.3, 0.4) is 0 Å². The van der Waals surface area contributed by atoms with Gasteiger partial charge in [0.2, 0.25) is 0 Å². The Morgan fingerprint density at radius 3 is 2.50 bits per heavy atom. The van der Waals surface area contributed by atoms with Crippen LogP contribution in [0.1, 0.15) is 18.5 Å². The maximum Gasteiger partial charge on any atom is 0.271 e. The maximum absolute atomic E-state index is 13.6. The van der Waals surface area contributed by atoms with E-state index in [1.54, 1.807) is 25.1 Å². The molecule has 4 nitrogen and oxygen atoms in total. The Kier molecular flexibility index (Phi) is 3.93. The zero-order chi connectivity index (χ0) is 14.7. The molecule has 0 saturated carbocycles. The minimum absolute atomic E-state index is 0.0325. The Morgan fingerprint density at radius 1 is 1.15 bits per heavy atom. The van der Waals surface area contributed by atoms with Crippen LogP contribution < -0.4 is 5.32 Å². The van der Waals surface area contributed by atoms with E-state index in [2.05, 4.69) is 5.32 Å². The predicted octanol–water partition coefficient (Wildman–Crippen LogP) is 4.05.